The fraction of sp³-hybridized carbons (Fsp3) is 0.688. The molecule has 1 saturated carbocycles. The van der Waals surface area contributed by atoms with Crippen molar-refractivity contribution in [2.75, 3.05) is 25.1 Å². The fourth-order valence-corrected chi connectivity index (χ4v) is 2.90. The molecule has 1 N–H and O–H groups in total. The van der Waals surface area contributed by atoms with Crippen molar-refractivity contribution < 1.29 is 9.13 Å². The minimum atomic E-state index is -0.185. The summed E-state index contributed by atoms with van der Waals surface area (Å²) in [5, 5.41) is 3.36. The van der Waals surface area contributed by atoms with Crippen LogP contribution in [0.5, 0.6) is 0 Å². The zero-order valence-corrected chi connectivity index (χ0v) is 12.8. The van der Waals surface area contributed by atoms with Gasteiger partial charge in [-0.3, -0.25) is 0 Å². The number of anilines is 1. The van der Waals surface area contributed by atoms with Crippen molar-refractivity contribution in [3.05, 3.63) is 23.6 Å². The van der Waals surface area contributed by atoms with E-state index in [1.807, 2.05) is 4.90 Å². The van der Waals surface area contributed by atoms with Crippen LogP contribution in [0.4, 0.5) is 10.2 Å². The van der Waals surface area contributed by atoms with Gasteiger partial charge in [0.05, 0.1) is 6.10 Å². The number of hydrogen-bond donors (Lipinski definition) is 1. The van der Waals surface area contributed by atoms with Gasteiger partial charge in [0.2, 0.25) is 0 Å². The maximum absolute atomic E-state index is 14.7. The van der Waals surface area contributed by atoms with Crippen LogP contribution in [0.1, 0.15) is 31.7 Å². The highest BCUT2D eigenvalue weighted by molar-refractivity contribution is 5.44. The van der Waals surface area contributed by atoms with E-state index in [2.05, 4.69) is 17.2 Å². The van der Waals surface area contributed by atoms with E-state index in [-0.39, 0.29) is 11.9 Å². The Kier molecular flexibility index (Phi) is 4.40. The molecular weight excluding hydrogens is 269 g/mol. The lowest BCUT2D eigenvalue weighted by Crippen LogP contribution is -2.44. The summed E-state index contributed by atoms with van der Waals surface area (Å²) < 4.78 is 20.2. The number of nitrogens with one attached hydrogen (secondary N) is 1. The Labute approximate surface area is 125 Å². The predicted molar refractivity (Wildman–Crippen MR) is 80.8 cm³/mol. The summed E-state index contributed by atoms with van der Waals surface area (Å²) in [6.45, 7) is 4.32. The van der Waals surface area contributed by atoms with Crippen molar-refractivity contribution >= 4 is 5.82 Å². The van der Waals surface area contributed by atoms with Crippen LogP contribution < -0.4 is 10.2 Å². The summed E-state index contributed by atoms with van der Waals surface area (Å²) in [4.78, 5) is 6.28. The van der Waals surface area contributed by atoms with Gasteiger partial charge in [0.15, 0.2) is 11.6 Å². The monoisotopic (exact) mass is 293 g/mol. The lowest BCUT2D eigenvalue weighted by molar-refractivity contribution is 0.0494. The molecule has 1 aromatic heterocycles. The Bertz CT molecular complexity index is 492. The van der Waals surface area contributed by atoms with Crippen molar-refractivity contribution in [3.8, 4) is 0 Å². The number of aromatic nitrogens is 1. The van der Waals surface area contributed by atoms with Crippen molar-refractivity contribution in [2.45, 2.75) is 44.9 Å². The Morgan fingerprint density at radius 3 is 2.95 bits per heavy atom. The second kappa shape index (κ2) is 6.28. The third-order valence-corrected chi connectivity index (χ3v) is 4.60. The van der Waals surface area contributed by atoms with Gasteiger partial charge >= 0.3 is 0 Å². The highest BCUT2D eigenvalue weighted by Gasteiger charge is 2.29. The van der Waals surface area contributed by atoms with Gasteiger partial charge in [-0.25, -0.2) is 9.37 Å². The number of nitrogens with zero attached hydrogens (tertiary/aromatic N) is 2. The zero-order chi connectivity index (χ0) is 14.8. The van der Waals surface area contributed by atoms with E-state index >= 15 is 0 Å². The fourth-order valence-electron chi connectivity index (χ4n) is 2.90. The molecule has 1 saturated heterocycles. The average Bonchev–Trinajstić information content (AvgIpc) is 3.31. The maximum atomic E-state index is 14.7. The molecule has 2 aliphatic rings. The zero-order valence-electron chi connectivity index (χ0n) is 12.8. The molecule has 116 valence electrons. The van der Waals surface area contributed by atoms with Crippen LogP contribution in [0.3, 0.4) is 0 Å². The molecule has 1 aromatic rings. The minimum absolute atomic E-state index is 0.146. The van der Waals surface area contributed by atoms with Crippen LogP contribution in [0.25, 0.3) is 0 Å². The van der Waals surface area contributed by atoms with Crippen LogP contribution in [-0.2, 0) is 11.3 Å². The van der Waals surface area contributed by atoms with E-state index in [1.54, 1.807) is 19.4 Å². The van der Waals surface area contributed by atoms with Gasteiger partial charge in [-0.15, -0.1) is 0 Å². The second-order valence-corrected chi connectivity index (χ2v) is 6.25. The lowest BCUT2D eigenvalue weighted by atomic mass is 9.96. The summed E-state index contributed by atoms with van der Waals surface area (Å²) >= 11 is 0. The summed E-state index contributed by atoms with van der Waals surface area (Å²) in [6, 6.07) is 2.35. The molecule has 0 spiro atoms. The number of halogens is 1. The third-order valence-electron chi connectivity index (χ3n) is 4.60. The molecule has 3 rings (SSSR count). The van der Waals surface area contributed by atoms with E-state index in [4.69, 9.17) is 4.74 Å². The van der Waals surface area contributed by atoms with Crippen molar-refractivity contribution in [2.24, 2.45) is 5.92 Å². The summed E-state index contributed by atoms with van der Waals surface area (Å²) in [6.07, 6.45) is 5.28. The molecule has 0 aromatic carbocycles. The first-order valence-electron chi connectivity index (χ1n) is 7.83. The lowest BCUT2D eigenvalue weighted by Gasteiger charge is -2.37. The van der Waals surface area contributed by atoms with Gasteiger partial charge in [0.25, 0.3) is 0 Å². The topological polar surface area (TPSA) is 37.4 Å². The van der Waals surface area contributed by atoms with E-state index in [0.29, 0.717) is 36.4 Å². The molecule has 4 nitrogen and oxygen atoms in total. The molecule has 2 fully saturated rings. The second-order valence-electron chi connectivity index (χ2n) is 6.25. The normalized spacial score (nSPS) is 26.1. The van der Waals surface area contributed by atoms with Crippen molar-refractivity contribution in [3.63, 3.8) is 0 Å². The molecule has 0 radical (unpaired) electrons. The van der Waals surface area contributed by atoms with Crippen molar-refractivity contribution in [1.29, 1.82) is 0 Å². The molecule has 0 amide bonds. The standard InChI is InChI=1S/C16H24FN3O/c1-11-6-8-20(10-14(11)21-2)16-15(17)12(5-7-18-16)9-19-13-3-4-13/h5,7,11,13-14,19H,3-4,6,8-10H2,1-2H3. The smallest absolute Gasteiger partial charge is 0.170 e. The quantitative estimate of drug-likeness (QED) is 0.904. The van der Waals surface area contributed by atoms with Crippen LogP contribution in [0, 0.1) is 11.7 Å². The number of piperidine rings is 1. The van der Waals surface area contributed by atoms with Gasteiger partial charge in [-0.1, -0.05) is 6.92 Å². The first-order valence-corrected chi connectivity index (χ1v) is 7.83. The Hall–Kier alpha value is -1.20. The van der Waals surface area contributed by atoms with Gasteiger partial charge in [-0.05, 0) is 31.2 Å². The Balaban J connectivity index is 1.73. The first kappa shape index (κ1) is 14.7. The van der Waals surface area contributed by atoms with Crippen LogP contribution >= 0.6 is 0 Å². The average molecular weight is 293 g/mol. The molecular formula is C16H24FN3O. The maximum Gasteiger partial charge on any atom is 0.170 e. The van der Waals surface area contributed by atoms with Crippen LogP contribution in [0.2, 0.25) is 0 Å². The molecule has 21 heavy (non-hydrogen) atoms. The highest BCUT2D eigenvalue weighted by Crippen LogP contribution is 2.27. The van der Waals surface area contributed by atoms with Gasteiger partial charge in [0, 0.05) is 44.5 Å². The summed E-state index contributed by atoms with van der Waals surface area (Å²) in [7, 11) is 1.73. The van der Waals surface area contributed by atoms with Crippen LogP contribution in [-0.4, -0.2) is 37.3 Å². The van der Waals surface area contributed by atoms with E-state index < -0.39 is 0 Å². The number of rotatable bonds is 5. The number of ether oxygens (including phenoxy) is 1. The van der Waals surface area contributed by atoms with Crippen LogP contribution in [0.15, 0.2) is 12.3 Å². The molecule has 2 unspecified atom stereocenters. The molecule has 2 heterocycles. The summed E-state index contributed by atoms with van der Waals surface area (Å²) in [5.41, 5.74) is 0.708. The minimum Gasteiger partial charge on any atom is -0.379 e. The van der Waals surface area contributed by atoms with E-state index in [9.17, 15) is 4.39 Å². The first-order chi connectivity index (χ1) is 10.2. The number of hydrogen-bond acceptors (Lipinski definition) is 4. The number of pyridine rings is 1. The molecule has 0 bridgehead atoms. The molecule has 5 heteroatoms. The van der Waals surface area contributed by atoms with Gasteiger partial charge < -0.3 is 15.0 Å². The molecule has 2 atom stereocenters. The third kappa shape index (κ3) is 3.35. The SMILES string of the molecule is COC1CN(c2nccc(CNC3CC3)c2F)CCC1C. The van der Waals surface area contributed by atoms with E-state index in [0.717, 1.165) is 13.0 Å². The highest BCUT2D eigenvalue weighted by atomic mass is 19.1. The summed E-state index contributed by atoms with van der Waals surface area (Å²) in [5.74, 6) is 0.795. The Morgan fingerprint density at radius 2 is 2.24 bits per heavy atom. The molecule has 1 aliphatic heterocycles. The predicted octanol–water partition coefficient (Wildman–Crippen LogP) is 2.33. The van der Waals surface area contributed by atoms with Gasteiger partial charge in [0.1, 0.15) is 0 Å². The van der Waals surface area contributed by atoms with E-state index in [1.165, 1.54) is 12.8 Å². The van der Waals surface area contributed by atoms with Gasteiger partial charge in [-0.2, -0.15) is 0 Å². The largest absolute Gasteiger partial charge is 0.379 e. The Morgan fingerprint density at radius 1 is 1.43 bits per heavy atom. The number of methoxy groups -OCH3 is 1. The van der Waals surface area contributed by atoms with Crippen molar-refractivity contribution in [1.82, 2.24) is 10.3 Å². The molecule has 1 aliphatic carbocycles.